The van der Waals surface area contributed by atoms with Crippen molar-refractivity contribution in [2.24, 2.45) is 0 Å². The molecule has 6 heteroatoms. The van der Waals surface area contributed by atoms with Gasteiger partial charge in [0.05, 0.1) is 12.1 Å². The average molecular weight is 512 g/mol. The number of aliphatic hydroxyl groups is 1. The van der Waals surface area contributed by atoms with E-state index in [1.54, 1.807) is 36.4 Å². The summed E-state index contributed by atoms with van der Waals surface area (Å²) in [5.74, 6) is -0.780. The zero-order valence-corrected chi connectivity index (χ0v) is 17.0. The van der Waals surface area contributed by atoms with Gasteiger partial charge in [-0.05, 0) is 52.9 Å². The van der Waals surface area contributed by atoms with Crippen LogP contribution in [0.4, 0.5) is 5.69 Å². The van der Waals surface area contributed by atoms with E-state index in [0.717, 1.165) is 8.04 Å². The van der Waals surface area contributed by atoms with Crippen LogP contribution in [0.3, 0.4) is 0 Å². The molecule has 2 aromatic rings. The molecule has 128 valence electrons. The Bertz CT molecular complexity index is 865. The normalized spacial score (nSPS) is 19.0. The summed E-state index contributed by atoms with van der Waals surface area (Å²) in [6.45, 7) is 3.93. The Morgan fingerprint density at radius 3 is 2.60 bits per heavy atom. The van der Waals surface area contributed by atoms with Crippen molar-refractivity contribution in [2.45, 2.75) is 12.0 Å². The van der Waals surface area contributed by atoms with E-state index in [4.69, 9.17) is 0 Å². The van der Waals surface area contributed by atoms with Crippen molar-refractivity contribution in [1.29, 1.82) is 0 Å². The highest BCUT2D eigenvalue weighted by Crippen LogP contribution is 2.44. The Hall–Kier alpha value is -1.51. The van der Waals surface area contributed by atoms with Crippen molar-refractivity contribution in [1.82, 2.24) is 0 Å². The number of hydrogen-bond acceptors (Lipinski definition) is 3. The van der Waals surface area contributed by atoms with Crippen LogP contribution in [0.15, 0.2) is 59.6 Å². The van der Waals surface area contributed by atoms with Gasteiger partial charge in [0.2, 0.25) is 0 Å². The molecule has 1 amide bonds. The third-order valence-corrected chi connectivity index (χ3v) is 5.40. The molecule has 0 spiro atoms. The van der Waals surface area contributed by atoms with Gasteiger partial charge < -0.3 is 10.0 Å². The molecule has 1 atom stereocenters. The van der Waals surface area contributed by atoms with Gasteiger partial charge in [-0.1, -0.05) is 34.1 Å². The number of nitrogens with zero attached hydrogens (tertiary/aromatic N) is 1. The quantitative estimate of drug-likeness (QED) is 0.374. The van der Waals surface area contributed by atoms with Crippen LogP contribution >= 0.6 is 38.5 Å². The number of hydrogen-bond donors (Lipinski definition) is 1. The first-order chi connectivity index (χ1) is 11.9. The van der Waals surface area contributed by atoms with Gasteiger partial charge in [-0.15, -0.1) is 6.58 Å². The number of Topliss-reactive ketones (excluding diaryl/α,β-unsaturated/α-hetero) is 1. The molecule has 0 radical (unpaired) electrons. The van der Waals surface area contributed by atoms with E-state index in [-0.39, 0.29) is 18.7 Å². The second-order valence-corrected chi connectivity index (χ2v) is 7.99. The topological polar surface area (TPSA) is 57.6 Å². The molecule has 1 aliphatic heterocycles. The standard InChI is InChI=1S/C19H15BrINO3/c1-2-9-22-16-8-5-13(20)10-15(16)19(25,18(22)24)11-17(23)12-3-6-14(21)7-4-12/h2-8,10,25H,1,9,11H2/t19-/m1/s1. The first-order valence-corrected chi connectivity index (χ1v) is 9.48. The molecule has 0 bridgehead atoms. The van der Waals surface area contributed by atoms with Gasteiger partial charge in [-0.3, -0.25) is 9.59 Å². The van der Waals surface area contributed by atoms with Gasteiger partial charge in [0.25, 0.3) is 5.91 Å². The molecule has 1 heterocycles. The number of fused-ring (bicyclic) bond motifs is 1. The Balaban J connectivity index is 2.00. The summed E-state index contributed by atoms with van der Waals surface area (Å²) in [6, 6.07) is 12.3. The van der Waals surface area contributed by atoms with Gasteiger partial charge in [-0.25, -0.2) is 0 Å². The molecule has 3 rings (SSSR count). The zero-order chi connectivity index (χ0) is 18.2. The predicted octanol–water partition coefficient (Wildman–Crippen LogP) is 4.05. The first kappa shape index (κ1) is 18.3. The molecule has 0 saturated carbocycles. The lowest BCUT2D eigenvalue weighted by atomic mass is 9.88. The van der Waals surface area contributed by atoms with Gasteiger partial charge in [-0.2, -0.15) is 0 Å². The number of ketones is 1. The molecule has 0 aromatic heterocycles. The van der Waals surface area contributed by atoms with Gasteiger partial charge >= 0.3 is 0 Å². The predicted molar refractivity (Wildman–Crippen MR) is 109 cm³/mol. The van der Waals surface area contributed by atoms with Gasteiger partial charge in [0.1, 0.15) is 0 Å². The van der Waals surface area contributed by atoms with Crippen molar-refractivity contribution in [2.75, 3.05) is 11.4 Å². The van der Waals surface area contributed by atoms with E-state index < -0.39 is 11.5 Å². The summed E-state index contributed by atoms with van der Waals surface area (Å²) in [7, 11) is 0. The number of anilines is 1. The van der Waals surface area contributed by atoms with Crippen molar-refractivity contribution in [3.63, 3.8) is 0 Å². The minimum atomic E-state index is -1.87. The number of carbonyl (C=O) groups is 2. The average Bonchev–Trinajstić information content (AvgIpc) is 2.77. The fourth-order valence-corrected chi connectivity index (χ4v) is 3.69. The van der Waals surface area contributed by atoms with E-state index in [1.807, 2.05) is 12.1 Å². The number of benzene rings is 2. The fourth-order valence-electron chi connectivity index (χ4n) is 2.97. The minimum Gasteiger partial charge on any atom is -0.375 e. The van der Waals surface area contributed by atoms with E-state index in [1.165, 1.54) is 4.90 Å². The minimum absolute atomic E-state index is 0.271. The van der Waals surface area contributed by atoms with Crippen molar-refractivity contribution in [3.05, 3.63) is 74.3 Å². The van der Waals surface area contributed by atoms with E-state index >= 15 is 0 Å². The summed E-state index contributed by atoms with van der Waals surface area (Å²) in [6.07, 6.45) is 1.29. The molecule has 1 N–H and O–H groups in total. The number of amides is 1. The van der Waals surface area contributed by atoms with E-state index in [9.17, 15) is 14.7 Å². The Morgan fingerprint density at radius 1 is 1.28 bits per heavy atom. The van der Waals surface area contributed by atoms with E-state index in [0.29, 0.717) is 16.8 Å². The van der Waals surface area contributed by atoms with Crippen molar-refractivity contribution >= 4 is 55.9 Å². The molecule has 0 saturated heterocycles. The Morgan fingerprint density at radius 2 is 1.96 bits per heavy atom. The van der Waals surface area contributed by atoms with Crippen LogP contribution in [0.25, 0.3) is 0 Å². The number of halogens is 2. The maximum atomic E-state index is 12.9. The summed E-state index contributed by atoms with van der Waals surface area (Å²) in [5, 5.41) is 11.2. The SMILES string of the molecule is C=CCN1C(=O)[C@@](O)(CC(=O)c2ccc(I)cc2)c2cc(Br)ccc21. The van der Waals surface area contributed by atoms with E-state index in [2.05, 4.69) is 45.1 Å². The van der Waals surface area contributed by atoms with Crippen molar-refractivity contribution in [3.8, 4) is 0 Å². The number of rotatable bonds is 5. The van der Waals surface area contributed by atoms with Crippen LogP contribution in [0.2, 0.25) is 0 Å². The Labute approximate surface area is 167 Å². The van der Waals surface area contributed by atoms with Crippen molar-refractivity contribution < 1.29 is 14.7 Å². The smallest absolute Gasteiger partial charge is 0.264 e. The molecular weight excluding hydrogens is 497 g/mol. The lowest BCUT2D eigenvalue weighted by Gasteiger charge is -2.22. The van der Waals surface area contributed by atoms with Crippen LogP contribution < -0.4 is 4.90 Å². The third-order valence-electron chi connectivity index (χ3n) is 4.19. The highest BCUT2D eigenvalue weighted by Gasteiger charge is 2.50. The molecule has 0 unspecified atom stereocenters. The molecule has 4 nitrogen and oxygen atoms in total. The molecule has 25 heavy (non-hydrogen) atoms. The summed E-state index contributed by atoms with van der Waals surface area (Å²) >= 11 is 5.52. The molecule has 0 fully saturated rings. The third kappa shape index (κ3) is 3.30. The van der Waals surface area contributed by atoms with Gasteiger partial charge in [0.15, 0.2) is 11.4 Å². The summed E-state index contributed by atoms with van der Waals surface area (Å²) in [4.78, 5) is 27.0. The monoisotopic (exact) mass is 511 g/mol. The second-order valence-electron chi connectivity index (χ2n) is 5.83. The molecular formula is C19H15BrINO3. The zero-order valence-electron chi connectivity index (χ0n) is 13.2. The highest BCUT2D eigenvalue weighted by atomic mass is 127. The largest absolute Gasteiger partial charge is 0.375 e. The lowest BCUT2D eigenvalue weighted by Crippen LogP contribution is -2.41. The van der Waals surface area contributed by atoms with Crippen LogP contribution in [0.1, 0.15) is 22.3 Å². The number of carbonyl (C=O) groups excluding carboxylic acids is 2. The summed E-state index contributed by atoms with van der Waals surface area (Å²) in [5.41, 5.74) is -0.360. The van der Waals surface area contributed by atoms with Gasteiger partial charge in [0, 0.05) is 25.7 Å². The van der Waals surface area contributed by atoms with Crippen LogP contribution in [-0.2, 0) is 10.4 Å². The van der Waals surface area contributed by atoms with Crippen LogP contribution in [-0.4, -0.2) is 23.3 Å². The fraction of sp³-hybridized carbons (Fsp3) is 0.158. The maximum absolute atomic E-state index is 12.9. The second kappa shape index (κ2) is 7.01. The van der Waals surface area contributed by atoms with Crippen LogP contribution in [0, 0.1) is 3.57 Å². The molecule has 2 aromatic carbocycles. The lowest BCUT2D eigenvalue weighted by molar-refractivity contribution is -0.135. The maximum Gasteiger partial charge on any atom is 0.264 e. The molecule has 0 aliphatic carbocycles. The first-order valence-electron chi connectivity index (χ1n) is 7.61. The molecule has 1 aliphatic rings. The Kier molecular flexibility index (Phi) is 5.13. The van der Waals surface area contributed by atoms with Crippen LogP contribution in [0.5, 0.6) is 0 Å². The highest BCUT2D eigenvalue weighted by molar-refractivity contribution is 14.1. The summed E-state index contributed by atoms with van der Waals surface area (Å²) < 4.78 is 1.75.